The lowest BCUT2D eigenvalue weighted by Crippen LogP contribution is -2.21. The van der Waals surface area contributed by atoms with E-state index in [-0.39, 0.29) is 5.56 Å². The van der Waals surface area contributed by atoms with Crippen LogP contribution in [0.25, 0.3) is 0 Å². The summed E-state index contributed by atoms with van der Waals surface area (Å²) in [5, 5.41) is 0. The summed E-state index contributed by atoms with van der Waals surface area (Å²) in [5.41, 5.74) is 0.856. The van der Waals surface area contributed by atoms with Crippen LogP contribution in [0.4, 0.5) is 0 Å². The lowest BCUT2D eigenvalue weighted by atomic mass is 10.2. The summed E-state index contributed by atoms with van der Waals surface area (Å²) in [5.74, 6) is 0.756. The Morgan fingerprint density at radius 2 is 1.89 bits per heavy atom. The molecule has 0 fully saturated rings. The highest BCUT2D eigenvalue weighted by molar-refractivity contribution is 9.11. The molecular formula is C13H10Br3NO2. The molecule has 0 N–H and O–H groups in total. The highest BCUT2D eigenvalue weighted by Gasteiger charge is 2.08. The van der Waals surface area contributed by atoms with Crippen molar-refractivity contribution in [3.05, 3.63) is 59.8 Å². The average molecular weight is 452 g/mol. The number of pyridine rings is 1. The lowest BCUT2D eigenvalue weighted by Gasteiger charge is -2.11. The zero-order valence-electron chi connectivity index (χ0n) is 9.99. The number of aromatic nitrogens is 1. The van der Waals surface area contributed by atoms with Crippen LogP contribution >= 0.6 is 47.8 Å². The Balaban J connectivity index is 2.47. The minimum Gasteiger partial charge on any atom is -0.496 e. The van der Waals surface area contributed by atoms with E-state index in [1.807, 2.05) is 18.2 Å². The summed E-state index contributed by atoms with van der Waals surface area (Å²) in [7, 11) is 1.62. The van der Waals surface area contributed by atoms with Crippen LogP contribution in [0.15, 0.2) is 48.7 Å². The van der Waals surface area contributed by atoms with Crippen LogP contribution in [0, 0.1) is 0 Å². The lowest BCUT2D eigenvalue weighted by molar-refractivity contribution is 0.408. The maximum atomic E-state index is 12.1. The third kappa shape index (κ3) is 3.49. The Morgan fingerprint density at radius 3 is 2.58 bits per heavy atom. The van der Waals surface area contributed by atoms with E-state index in [4.69, 9.17) is 4.74 Å². The largest absolute Gasteiger partial charge is 0.496 e. The van der Waals surface area contributed by atoms with Gasteiger partial charge in [-0.3, -0.25) is 4.79 Å². The Bertz CT molecular complexity index is 667. The molecule has 0 bridgehead atoms. The molecule has 0 atom stereocenters. The van der Waals surface area contributed by atoms with Gasteiger partial charge in [-0.15, -0.1) is 0 Å². The smallest absolute Gasteiger partial charge is 0.265 e. The first-order valence-electron chi connectivity index (χ1n) is 5.39. The van der Waals surface area contributed by atoms with Crippen LogP contribution in [-0.4, -0.2) is 11.7 Å². The van der Waals surface area contributed by atoms with Gasteiger partial charge in [0.1, 0.15) is 5.75 Å². The van der Waals surface area contributed by atoms with Gasteiger partial charge in [0, 0.05) is 20.7 Å². The molecule has 6 heteroatoms. The van der Waals surface area contributed by atoms with Crippen molar-refractivity contribution in [1.82, 2.24) is 4.57 Å². The summed E-state index contributed by atoms with van der Waals surface area (Å²) in [6.45, 7) is 0.444. The summed E-state index contributed by atoms with van der Waals surface area (Å²) in [4.78, 5) is 12.1. The van der Waals surface area contributed by atoms with Gasteiger partial charge in [-0.25, -0.2) is 0 Å². The van der Waals surface area contributed by atoms with Crippen molar-refractivity contribution < 1.29 is 4.74 Å². The minimum absolute atomic E-state index is 0.0785. The van der Waals surface area contributed by atoms with Crippen molar-refractivity contribution in [1.29, 1.82) is 0 Å². The van der Waals surface area contributed by atoms with E-state index in [0.29, 0.717) is 11.0 Å². The van der Waals surface area contributed by atoms with Gasteiger partial charge in [0.25, 0.3) is 5.56 Å². The molecule has 19 heavy (non-hydrogen) atoms. The van der Waals surface area contributed by atoms with Gasteiger partial charge < -0.3 is 9.30 Å². The molecule has 0 unspecified atom stereocenters. The Morgan fingerprint density at radius 1 is 1.16 bits per heavy atom. The van der Waals surface area contributed by atoms with Crippen LogP contribution in [0.2, 0.25) is 0 Å². The van der Waals surface area contributed by atoms with Gasteiger partial charge in [-0.05, 0) is 56.1 Å². The fourth-order valence-corrected chi connectivity index (χ4v) is 3.40. The minimum atomic E-state index is -0.0785. The number of halogens is 3. The van der Waals surface area contributed by atoms with E-state index in [2.05, 4.69) is 47.8 Å². The second-order valence-corrected chi connectivity index (χ2v) is 6.58. The number of rotatable bonds is 3. The highest BCUT2D eigenvalue weighted by atomic mass is 79.9. The van der Waals surface area contributed by atoms with Gasteiger partial charge in [-0.1, -0.05) is 15.9 Å². The molecule has 3 nitrogen and oxygen atoms in total. The van der Waals surface area contributed by atoms with Crippen molar-refractivity contribution in [2.45, 2.75) is 6.54 Å². The predicted octanol–water partition coefficient (Wildman–Crippen LogP) is 4.19. The first-order chi connectivity index (χ1) is 9.01. The van der Waals surface area contributed by atoms with Crippen molar-refractivity contribution in [3.8, 4) is 5.75 Å². The maximum absolute atomic E-state index is 12.1. The monoisotopic (exact) mass is 449 g/mol. The van der Waals surface area contributed by atoms with Crippen molar-refractivity contribution in [2.24, 2.45) is 0 Å². The first-order valence-corrected chi connectivity index (χ1v) is 7.77. The third-order valence-corrected chi connectivity index (χ3v) is 4.09. The highest BCUT2D eigenvalue weighted by Crippen LogP contribution is 2.24. The van der Waals surface area contributed by atoms with Gasteiger partial charge in [0.2, 0.25) is 0 Å². The standard InChI is InChI=1S/C13H10Br3NO2/c1-19-12-3-2-9(14)4-8(12)6-17-7-10(15)5-11(16)13(17)18/h2-5,7H,6H2,1H3. The van der Waals surface area contributed by atoms with Gasteiger partial charge >= 0.3 is 0 Å². The zero-order valence-corrected chi connectivity index (χ0v) is 14.7. The first kappa shape index (κ1) is 14.8. The third-order valence-electron chi connectivity index (χ3n) is 2.59. The second-order valence-electron chi connectivity index (χ2n) is 3.90. The number of hydrogen-bond donors (Lipinski definition) is 0. The molecule has 1 aromatic heterocycles. The number of benzene rings is 1. The van der Waals surface area contributed by atoms with E-state index in [1.54, 1.807) is 23.9 Å². The number of nitrogens with zero attached hydrogens (tertiary/aromatic N) is 1. The molecule has 0 aliphatic heterocycles. The number of ether oxygens (including phenoxy) is 1. The van der Waals surface area contributed by atoms with Gasteiger partial charge in [0.15, 0.2) is 0 Å². The normalized spacial score (nSPS) is 10.5. The van der Waals surface area contributed by atoms with E-state index in [1.165, 1.54) is 0 Å². The molecule has 0 amide bonds. The summed E-state index contributed by atoms with van der Waals surface area (Å²) in [6.07, 6.45) is 1.76. The SMILES string of the molecule is COc1ccc(Br)cc1Cn1cc(Br)cc(Br)c1=O. The van der Waals surface area contributed by atoms with E-state index in [0.717, 1.165) is 20.3 Å². The average Bonchev–Trinajstić information content (AvgIpc) is 2.35. The molecule has 0 radical (unpaired) electrons. The summed E-state index contributed by atoms with van der Waals surface area (Å²) in [6, 6.07) is 7.45. The molecule has 1 heterocycles. The molecule has 2 rings (SSSR count). The van der Waals surface area contributed by atoms with Crippen molar-refractivity contribution in [3.63, 3.8) is 0 Å². The van der Waals surface area contributed by atoms with Crippen LogP contribution in [0.3, 0.4) is 0 Å². The van der Waals surface area contributed by atoms with Crippen LogP contribution in [0.1, 0.15) is 5.56 Å². The summed E-state index contributed by atoms with van der Waals surface area (Å²) < 4.78 is 9.25. The van der Waals surface area contributed by atoms with Crippen LogP contribution < -0.4 is 10.3 Å². The fourth-order valence-electron chi connectivity index (χ4n) is 1.74. The molecule has 100 valence electrons. The van der Waals surface area contributed by atoms with E-state index in [9.17, 15) is 4.79 Å². The fraction of sp³-hybridized carbons (Fsp3) is 0.154. The molecule has 0 saturated heterocycles. The maximum Gasteiger partial charge on any atom is 0.265 e. The number of hydrogen-bond acceptors (Lipinski definition) is 2. The molecule has 0 aliphatic rings. The van der Waals surface area contributed by atoms with E-state index >= 15 is 0 Å². The Kier molecular flexibility index (Phi) is 4.86. The topological polar surface area (TPSA) is 31.2 Å². The van der Waals surface area contributed by atoms with Gasteiger partial charge in [-0.2, -0.15) is 0 Å². The van der Waals surface area contributed by atoms with Crippen LogP contribution in [-0.2, 0) is 6.54 Å². The molecule has 0 saturated carbocycles. The van der Waals surface area contributed by atoms with Gasteiger partial charge in [0.05, 0.1) is 18.1 Å². The Labute approximate surface area is 136 Å². The Hall–Kier alpha value is -0.590. The molecule has 0 spiro atoms. The summed E-state index contributed by atoms with van der Waals surface area (Å²) >= 11 is 10.1. The van der Waals surface area contributed by atoms with E-state index < -0.39 is 0 Å². The zero-order chi connectivity index (χ0) is 14.0. The van der Waals surface area contributed by atoms with Crippen molar-refractivity contribution >= 4 is 47.8 Å². The van der Waals surface area contributed by atoms with Crippen molar-refractivity contribution in [2.75, 3.05) is 7.11 Å². The quantitative estimate of drug-likeness (QED) is 0.700. The van der Waals surface area contributed by atoms with Crippen LogP contribution in [0.5, 0.6) is 5.75 Å². The molecule has 0 aliphatic carbocycles. The molecular weight excluding hydrogens is 442 g/mol. The predicted molar refractivity (Wildman–Crippen MR) is 85.9 cm³/mol. The molecule has 2 aromatic rings. The molecule has 1 aromatic carbocycles. The number of methoxy groups -OCH3 is 1. The second kappa shape index (κ2) is 6.24.